The maximum Gasteiger partial charge on any atom is 0.266 e. The van der Waals surface area contributed by atoms with Gasteiger partial charge in [0, 0.05) is 7.11 Å². The molecule has 5 heteroatoms. The predicted octanol–water partition coefficient (Wildman–Crippen LogP) is 4.25. The van der Waals surface area contributed by atoms with Crippen molar-refractivity contribution in [2.24, 2.45) is 4.99 Å². The van der Waals surface area contributed by atoms with Crippen molar-refractivity contribution in [2.45, 2.75) is 6.92 Å². The van der Waals surface area contributed by atoms with Gasteiger partial charge in [0.1, 0.15) is 0 Å². The van der Waals surface area contributed by atoms with E-state index in [2.05, 4.69) is 11.1 Å². The van der Waals surface area contributed by atoms with Crippen LogP contribution in [0.4, 0.5) is 5.69 Å². The lowest BCUT2D eigenvalue weighted by molar-refractivity contribution is -0.122. The lowest BCUT2D eigenvalue weighted by atomic mass is 10.1. The summed E-state index contributed by atoms with van der Waals surface area (Å²) in [7, 11) is 1.63. The van der Waals surface area contributed by atoms with Gasteiger partial charge in [-0.2, -0.15) is 0 Å². The standard InChI is InChI=1S/C20H20N2O2S/c1-15-7-6-8-16(13-15)14-18-19(23)22(11-12-24-2)20(25-18)21-17-9-4-3-5-10-17/h3-10,13-14H,11-12H2,1-2H3/b18-14-,21-20?. The van der Waals surface area contributed by atoms with E-state index in [4.69, 9.17) is 4.74 Å². The van der Waals surface area contributed by atoms with Crippen molar-refractivity contribution in [3.8, 4) is 0 Å². The molecule has 2 aromatic carbocycles. The molecule has 1 fully saturated rings. The highest BCUT2D eigenvalue weighted by Gasteiger charge is 2.33. The molecule has 0 aromatic heterocycles. The number of aliphatic imine (C=N–C) groups is 1. The Balaban J connectivity index is 1.92. The number of para-hydroxylation sites is 1. The summed E-state index contributed by atoms with van der Waals surface area (Å²) in [5.41, 5.74) is 3.01. The highest BCUT2D eigenvalue weighted by molar-refractivity contribution is 8.18. The first-order chi connectivity index (χ1) is 12.2. The number of methoxy groups -OCH3 is 1. The number of benzene rings is 2. The molecule has 0 atom stereocenters. The Morgan fingerprint density at radius 1 is 1.16 bits per heavy atom. The van der Waals surface area contributed by atoms with Crippen molar-refractivity contribution in [2.75, 3.05) is 20.3 Å². The molecule has 0 radical (unpaired) electrons. The van der Waals surface area contributed by atoms with E-state index in [0.717, 1.165) is 11.3 Å². The van der Waals surface area contributed by atoms with Gasteiger partial charge in [0.15, 0.2) is 5.17 Å². The van der Waals surface area contributed by atoms with Gasteiger partial charge in [-0.3, -0.25) is 9.69 Å². The predicted molar refractivity (Wildman–Crippen MR) is 104 cm³/mol. The van der Waals surface area contributed by atoms with E-state index in [0.29, 0.717) is 23.2 Å². The molecule has 1 amide bonds. The second-order valence-corrected chi connectivity index (χ2v) is 6.71. The zero-order valence-corrected chi connectivity index (χ0v) is 15.1. The summed E-state index contributed by atoms with van der Waals surface area (Å²) >= 11 is 1.40. The molecule has 4 nitrogen and oxygen atoms in total. The third-order valence-corrected chi connectivity index (χ3v) is 4.73. The van der Waals surface area contributed by atoms with E-state index < -0.39 is 0 Å². The number of thioether (sulfide) groups is 1. The van der Waals surface area contributed by atoms with Crippen molar-refractivity contribution < 1.29 is 9.53 Å². The maximum absolute atomic E-state index is 12.8. The number of carbonyl (C=O) groups excluding carboxylic acids is 1. The molecule has 0 N–H and O–H groups in total. The average molecular weight is 352 g/mol. The molecule has 0 saturated carbocycles. The summed E-state index contributed by atoms with van der Waals surface area (Å²) in [6.07, 6.45) is 1.92. The van der Waals surface area contributed by atoms with Crippen molar-refractivity contribution in [3.05, 3.63) is 70.6 Å². The fraction of sp³-hybridized carbons (Fsp3) is 0.200. The summed E-state index contributed by atoms with van der Waals surface area (Å²) in [6, 6.07) is 17.8. The van der Waals surface area contributed by atoms with Gasteiger partial charge >= 0.3 is 0 Å². The van der Waals surface area contributed by atoms with Gasteiger partial charge in [0.25, 0.3) is 5.91 Å². The zero-order chi connectivity index (χ0) is 17.6. The maximum atomic E-state index is 12.8. The van der Waals surface area contributed by atoms with Crippen LogP contribution < -0.4 is 0 Å². The molecule has 1 heterocycles. The fourth-order valence-electron chi connectivity index (χ4n) is 2.50. The largest absolute Gasteiger partial charge is 0.383 e. The van der Waals surface area contributed by atoms with Crippen LogP contribution in [0.1, 0.15) is 11.1 Å². The third kappa shape index (κ3) is 4.38. The van der Waals surface area contributed by atoms with Crippen LogP contribution in [0.2, 0.25) is 0 Å². The number of rotatable bonds is 5. The van der Waals surface area contributed by atoms with Crippen LogP contribution in [0.3, 0.4) is 0 Å². The fourth-order valence-corrected chi connectivity index (χ4v) is 3.52. The van der Waals surface area contributed by atoms with Gasteiger partial charge in [-0.15, -0.1) is 0 Å². The minimum absolute atomic E-state index is 0.0294. The molecular formula is C20H20N2O2S. The lowest BCUT2D eigenvalue weighted by Crippen LogP contribution is -2.32. The molecule has 0 bridgehead atoms. The second kappa shape index (κ2) is 8.14. The normalized spacial score (nSPS) is 17.7. The lowest BCUT2D eigenvalue weighted by Gasteiger charge is -2.14. The first kappa shape index (κ1) is 17.5. The SMILES string of the molecule is COCCN1C(=O)/C(=C/c2cccc(C)c2)SC1=Nc1ccccc1. The number of hydrogen-bond acceptors (Lipinski definition) is 4. The Hall–Kier alpha value is -2.37. The van der Waals surface area contributed by atoms with Gasteiger partial charge < -0.3 is 4.74 Å². The van der Waals surface area contributed by atoms with E-state index in [-0.39, 0.29) is 5.91 Å². The number of nitrogens with zero attached hydrogens (tertiary/aromatic N) is 2. The van der Waals surface area contributed by atoms with Gasteiger partial charge in [0.05, 0.1) is 23.7 Å². The Morgan fingerprint density at radius 3 is 2.68 bits per heavy atom. The highest BCUT2D eigenvalue weighted by atomic mass is 32.2. The number of hydrogen-bond donors (Lipinski definition) is 0. The van der Waals surface area contributed by atoms with Crippen LogP contribution in [0.5, 0.6) is 0 Å². The third-order valence-electron chi connectivity index (χ3n) is 3.73. The highest BCUT2D eigenvalue weighted by Crippen LogP contribution is 2.34. The molecule has 0 unspecified atom stereocenters. The van der Waals surface area contributed by atoms with Crippen molar-refractivity contribution in [1.29, 1.82) is 0 Å². The van der Waals surface area contributed by atoms with Gasteiger partial charge in [-0.05, 0) is 42.5 Å². The van der Waals surface area contributed by atoms with Crippen molar-refractivity contribution >= 4 is 34.6 Å². The van der Waals surface area contributed by atoms with E-state index in [1.807, 2.05) is 61.5 Å². The Morgan fingerprint density at radius 2 is 1.96 bits per heavy atom. The van der Waals surface area contributed by atoms with Crippen LogP contribution in [0.25, 0.3) is 6.08 Å². The minimum Gasteiger partial charge on any atom is -0.383 e. The molecule has 128 valence electrons. The first-order valence-corrected chi connectivity index (χ1v) is 8.90. The van der Waals surface area contributed by atoms with Gasteiger partial charge in [-0.25, -0.2) is 4.99 Å². The summed E-state index contributed by atoms with van der Waals surface area (Å²) in [6.45, 7) is 3.00. The first-order valence-electron chi connectivity index (χ1n) is 8.08. The Bertz CT molecular complexity index is 815. The molecular weight excluding hydrogens is 332 g/mol. The molecule has 0 aliphatic carbocycles. The van der Waals surface area contributed by atoms with Crippen LogP contribution in [0.15, 0.2) is 64.5 Å². The summed E-state index contributed by atoms with van der Waals surface area (Å²) in [4.78, 5) is 19.8. The van der Waals surface area contributed by atoms with E-state index in [9.17, 15) is 4.79 Å². The molecule has 0 spiro atoms. The molecule has 25 heavy (non-hydrogen) atoms. The topological polar surface area (TPSA) is 41.9 Å². The summed E-state index contributed by atoms with van der Waals surface area (Å²) in [5.74, 6) is -0.0294. The average Bonchev–Trinajstić information content (AvgIpc) is 2.89. The molecule has 2 aromatic rings. The van der Waals surface area contributed by atoms with Crippen molar-refractivity contribution in [3.63, 3.8) is 0 Å². The molecule has 1 aliphatic heterocycles. The number of amides is 1. The number of ether oxygens (including phenoxy) is 1. The summed E-state index contributed by atoms with van der Waals surface area (Å²) in [5, 5.41) is 0.687. The molecule has 1 aliphatic rings. The van der Waals surface area contributed by atoms with Crippen LogP contribution in [-0.2, 0) is 9.53 Å². The molecule has 1 saturated heterocycles. The monoisotopic (exact) mass is 352 g/mol. The Kier molecular flexibility index (Phi) is 5.68. The van der Waals surface area contributed by atoms with Gasteiger partial charge in [-0.1, -0.05) is 48.0 Å². The summed E-state index contributed by atoms with van der Waals surface area (Å²) < 4.78 is 5.14. The smallest absolute Gasteiger partial charge is 0.266 e. The van der Waals surface area contributed by atoms with Crippen LogP contribution in [-0.4, -0.2) is 36.2 Å². The minimum atomic E-state index is -0.0294. The number of carbonyl (C=O) groups is 1. The quantitative estimate of drug-likeness (QED) is 0.756. The van der Waals surface area contributed by atoms with E-state index >= 15 is 0 Å². The second-order valence-electron chi connectivity index (χ2n) is 5.70. The van der Waals surface area contributed by atoms with E-state index in [1.54, 1.807) is 12.0 Å². The molecule has 3 rings (SSSR count). The number of amidine groups is 1. The zero-order valence-electron chi connectivity index (χ0n) is 14.3. The Labute approximate surface area is 152 Å². The number of aryl methyl sites for hydroxylation is 1. The van der Waals surface area contributed by atoms with Crippen LogP contribution >= 0.6 is 11.8 Å². The van der Waals surface area contributed by atoms with Crippen LogP contribution in [0, 0.1) is 6.92 Å². The van der Waals surface area contributed by atoms with Crippen molar-refractivity contribution in [1.82, 2.24) is 4.90 Å². The van der Waals surface area contributed by atoms with E-state index in [1.165, 1.54) is 17.3 Å². The van der Waals surface area contributed by atoms with Gasteiger partial charge in [0.2, 0.25) is 0 Å².